The highest BCUT2D eigenvalue weighted by atomic mass is 16.6. The van der Waals surface area contributed by atoms with Crippen molar-refractivity contribution < 1.29 is 38.5 Å². The second-order valence-electron chi connectivity index (χ2n) is 12.1. The number of amides is 2. The lowest BCUT2D eigenvalue weighted by molar-refractivity contribution is -0.120. The standard InChI is InChI=1S/C33H50N4O8/c1-18-15-23-27(35-13-14-37(6)7)29(39)22(5)26(30(23)40)36-32(41)19(2)11-10-12-24(43-8)31(45-33(34)42)21(4)17-20(3)28(38)25(16-18)44-9/h10-12,17-18,20,24-25,28,31,35,38H,13-16H2,1-9H3,(H2,34,42)(H,36,41)/b12-10+,19-11+,21-17+/t18-,20-,24+,25+,28-,31-/m1/s1. The second-order valence-corrected chi connectivity index (χ2v) is 12.1. The highest BCUT2D eigenvalue weighted by Crippen LogP contribution is 2.30. The Hall–Kier alpha value is -3.58. The second kappa shape index (κ2) is 17.2. The highest BCUT2D eigenvalue weighted by Gasteiger charge is 2.35. The Bertz CT molecular complexity index is 1280. The summed E-state index contributed by atoms with van der Waals surface area (Å²) >= 11 is 0. The molecule has 5 N–H and O–H groups in total. The summed E-state index contributed by atoms with van der Waals surface area (Å²) in [5.74, 6) is -2.00. The van der Waals surface area contributed by atoms with Crippen LogP contribution in [0.5, 0.6) is 0 Å². The smallest absolute Gasteiger partial charge is 0.405 e. The number of likely N-dealkylation sites (N-methyl/N-ethyl adjacent to an activating group) is 1. The van der Waals surface area contributed by atoms with Gasteiger partial charge in [0, 0.05) is 49.9 Å². The predicted molar refractivity (Wildman–Crippen MR) is 171 cm³/mol. The molecule has 0 spiro atoms. The first-order valence-corrected chi connectivity index (χ1v) is 15.1. The van der Waals surface area contributed by atoms with Crippen molar-refractivity contribution in [2.45, 2.75) is 71.9 Å². The van der Waals surface area contributed by atoms with E-state index in [1.807, 2.05) is 32.8 Å². The number of aliphatic hydroxyl groups is 1. The van der Waals surface area contributed by atoms with Crippen molar-refractivity contribution in [3.05, 3.63) is 58.0 Å². The number of Topliss-reactive ketones (excluding diaryl/α,β-unsaturated/α-hetero) is 2. The van der Waals surface area contributed by atoms with Gasteiger partial charge >= 0.3 is 6.09 Å². The summed E-state index contributed by atoms with van der Waals surface area (Å²) in [6.45, 7) is 9.63. The molecule has 0 saturated carbocycles. The number of carbonyl (C=O) groups excluding carboxylic acids is 4. The van der Waals surface area contributed by atoms with Gasteiger partial charge in [0.1, 0.15) is 6.10 Å². The number of methoxy groups -OCH3 is 2. The maximum atomic E-state index is 13.9. The molecule has 0 radical (unpaired) electrons. The van der Waals surface area contributed by atoms with Gasteiger partial charge in [0.15, 0.2) is 6.10 Å². The zero-order valence-electron chi connectivity index (χ0n) is 27.9. The maximum Gasteiger partial charge on any atom is 0.405 e. The SMILES string of the molecule is CO[C@H]1/C=C/C=C(\C)C(=O)NC2=C(C)C(=O)C(NCCN(C)C)=C(C[C@@H](C)C[C@H](OC)[C@H](O)[C@H](C)/C=C(\C)[C@H]1OC(N)=O)C2=O. The molecule has 2 bridgehead atoms. The van der Waals surface area contributed by atoms with Crippen LogP contribution in [0.25, 0.3) is 0 Å². The average Bonchev–Trinajstić information content (AvgIpc) is 2.98. The molecule has 1 heterocycles. The summed E-state index contributed by atoms with van der Waals surface area (Å²) in [4.78, 5) is 54.4. The van der Waals surface area contributed by atoms with Gasteiger partial charge in [-0.25, -0.2) is 4.79 Å². The Morgan fingerprint density at radius 1 is 1.11 bits per heavy atom. The molecule has 1 aliphatic carbocycles. The molecule has 0 aromatic rings. The van der Waals surface area contributed by atoms with Crippen LogP contribution in [0.4, 0.5) is 4.79 Å². The van der Waals surface area contributed by atoms with Crippen LogP contribution in [-0.2, 0) is 28.6 Å². The van der Waals surface area contributed by atoms with Crippen LogP contribution in [-0.4, -0.2) is 99.4 Å². The van der Waals surface area contributed by atoms with E-state index in [0.717, 1.165) is 0 Å². The van der Waals surface area contributed by atoms with Crippen molar-refractivity contribution in [1.29, 1.82) is 0 Å². The lowest BCUT2D eigenvalue weighted by atomic mass is 9.83. The van der Waals surface area contributed by atoms with Crippen molar-refractivity contribution in [3.8, 4) is 0 Å². The molecule has 6 atom stereocenters. The van der Waals surface area contributed by atoms with E-state index in [1.54, 1.807) is 32.1 Å². The van der Waals surface area contributed by atoms with Gasteiger partial charge in [-0.3, -0.25) is 14.4 Å². The molecule has 2 amide bonds. The summed E-state index contributed by atoms with van der Waals surface area (Å²) < 4.78 is 16.7. The summed E-state index contributed by atoms with van der Waals surface area (Å²) in [7, 11) is 6.76. The van der Waals surface area contributed by atoms with Crippen LogP contribution in [0.3, 0.4) is 0 Å². The summed E-state index contributed by atoms with van der Waals surface area (Å²) in [5, 5.41) is 17.1. The molecule has 12 heteroatoms. The fourth-order valence-electron chi connectivity index (χ4n) is 5.40. The Kier molecular flexibility index (Phi) is 14.4. The van der Waals surface area contributed by atoms with E-state index in [9.17, 15) is 24.3 Å². The molecule has 45 heavy (non-hydrogen) atoms. The van der Waals surface area contributed by atoms with Gasteiger partial charge in [-0.05, 0) is 59.2 Å². The fourth-order valence-corrected chi connectivity index (χ4v) is 5.40. The molecule has 0 saturated heterocycles. The molecule has 12 nitrogen and oxygen atoms in total. The van der Waals surface area contributed by atoms with Crippen molar-refractivity contribution in [2.24, 2.45) is 17.6 Å². The Balaban J connectivity index is 2.66. The van der Waals surface area contributed by atoms with E-state index in [0.29, 0.717) is 25.1 Å². The highest BCUT2D eigenvalue weighted by molar-refractivity contribution is 6.25. The van der Waals surface area contributed by atoms with E-state index in [4.69, 9.17) is 19.9 Å². The molecule has 0 aromatic carbocycles. The number of nitrogens with one attached hydrogen (secondary N) is 2. The number of carbonyl (C=O) groups is 4. The third kappa shape index (κ3) is 10.2. The number of hydrogen-bond donors (Lipinski definition) is 4. The summed E-state index contributed by atoms with van der Waals surface area (Å²) in [5.41, 5.74) is 6.78. The predicted octanol–water partition coefficient (Wildman–Crippen LogP) is 2.30. The van der Waals surface area contributed by atoms with Gasteiger partial charge in [0.25, 0.3) is 5.91 Å². The summed E-state index contributed by atoms with van der Waals surface area (Å²) in [6.07, 6.45) is 2.75. The first-order valence-electron chi connectivity index (χ1n) is 15.1. The number of primary amides is 1. The number of nitrogens with zero attached hydrogens (tertiary/aromatic N) is 1. The van der Waals surface area contributed by atoms with Gasteiger partial charge in [0.05, 0.1) is 23.6 Å². The number of ether oxygens (including phenoxy) is 3. The van der Waals surface area contributed by atoms with Gasteiger partial charge in [-0.2, -0.15) is 0 Å². The third-order valence-corrected chi connectivity index (χ3v) is 8.05. The topological polar surface area (TPSA) is 170 Å². The van der Waals surface area contributed by atoms with E-state index in [2.05, 4.69) is 10.6 Å². The van der Waals surface area contributed by atoms with E-state index >= 15 is 0 Å². The normalized spacial score (nSPS) is 30.8. The number of rotatable bonds is 7. The van der Waals surface area contributed by atoms with E-state index in [-0.39, 0.29) is 46.2 Å². The van der Waals surface area contributed by atoms with Crippen molar-refractivity contribution in [1.82, 2.24) is 15.5 Å². The van der Waals surface area contributed by atoms with Crippen LogP contribution in [0.15, 0.2) is 58.0 Å². The molecule has 0 fully saturated rings. The van der Waals surface area contributed by atoms with Crippen LogP contribution < -0.4 is 16.4 Å². The van der Waals surface area contributed by atoms with Crippen molar-refractivity contribution in [2.75, 3.05) is 41.4 Å². The fraction of sp³-hybridized carbons (Fsp3) is 0.576. The van der Waals surface area contributed by atoms with Gasteiger partial charge in [-0.15, -0.1) is 0 Å². The Labute approximate surface area is 266 Å². The molecular formula is C33H50N4O8. The van der Waals surface area contributed by atoms with Crippen LogP contribution >= 0.6 is 0 Å². The molecular weight excluding hydrogens is 580 g/mol. The minimum Gasteiger partial charge on any atom is -0.439 e. The number of hydrogen-bond acceptors (Lipinski definition) is 10. The van der Waals surface area contributed by atoms with E-state index < -0.39 is 48.1 Å². The number of allylic oxidation sites excluding steroid dienone is 4. The monoisotopic (exact) mass is 630 g/mol. The third-order valence-electron chi connectivity index (χ3n) is 8.05. The van der Waals surface area contributed by atoms with Crippen molar-refractivity contribution >= 4 is 23.6 Å². The molecule has 0 unspecified atom stereocenters. The van der Waals surface area contributed by atoms with Gasteiger partial charge in [0.2, 0.25) is 11.6 Å². The zero-order chi connectivity index (χ0) is 34.0. The van der Waals surface area contributed by atoms with Crippen LogP contribution in [0.1, 0.15) is 47.5 Å². The van der Waals surface area contributed by atoms with Gasteiger partial charge in [-0.1, -0.05) is 38.2 Å². The maximum absolute atomic E-state index is 13.9. The molecule has 2 rings (SSSR count). The first kappa shape index (κ1) is 37.6. The lowest BCUT2D eigenvalue weighted by Gasteiger charge is -2.30. The number of fused-ring (bicyclic) bond motifs is 2. The summed E-state index contributed by atoms with van der Waals surface area (Å²) in [6, 6.07) is 0. The molecule has 250 valence electrons. The minimum atomic E-state index is -0.997. The van der Waals surface area contributed by atoms with E-state index in [1.165, 1.54) is 27.2 Å². The average molecular weight is 631 g/mol. The molecule has 1 aliphatic heterocycles. The lowest BCUT2D eigenvalue weighted by Crippen LogP contribution is -2.40. The van der Waals surface area contributed by atoms with Crippen molar-refractivity contribution in [3.63, 3.8) is 0 Å². The first-order chi connectivity index (χ1) is 21.1. The minimum absolute atomic E-state index is 0.0681. The largest absolute Gasteiger partial charge is 0.439 e. The molecule has 0 aromatic heterocycles. The Morgan fingerprint density at radius 3 is 2.36 bits per heavy atom. The van der Waals surface area contributed by atoms with Gasteiger partial charge < -0.3 is 40.6 Å². The zero-order valence-corrected chi connectivity index (χ0v) is 27.9. The number of nitrogens with two attached hydrogens (primary N) is 1. The number of ketones is 2. The number of aliphatic hydroxyl groups excluding tert-OH is 1. The van der Waals surface area contributed by atoms with Crippen LogP contribution in [0, 0.1) is 11.8 Å². The Morgan fingerprint density at radius 2 is 1.78 bits per heavy atom. The quantitative estimate of drug-likeness (QED) is 0.242. The van der Waals surface area contributed by atoms with Crippen LogP contribution in [0.2, 0.25) is 0 Å². The molecule has 2 aliphatic rings.